The van der Waals surface area contributed by atoms with Gasteiger partial charge in [0.25, 0.3) is 0 Å². The molecule has 1 aromatic carbocycles. The fourth-order valence-electron chi connectivity index (χ4n) is 2.29. The maximum absolute atomic E-state index is 3.86. The molecular formula is C15H25NSi. The van der Waals surface area contributed by atoms with Crippen LogP contribution in [0.15, 0.2) is 36.9 Å². The number of allylic oxidation sites excluding steroid dienone is 1. The molecule has 0 radical (unpaired) electrons. The summed E-state index contributed by atoms with van der Waals surface area (Å²) in [4.78, 5) is 0. The third-order valence-corrected chi connectivity index (χ3v) is 6.13. The zero-order valence-electron chi connectivity index (χ0n) is 11.6. The average Bonchev–Trinajstić information content (AvgIpc) is 2.20. The van der Waals surface area contributed by atoms with Crippen molar-refractivity contribution in [2.75, 3.05) is 5.32 Å². The summed E-state index contributed by atoms with van der Waals surface area (Å²) in [6.45, 7) is 13.1. The van der Waals surface area contributed by atoms with Gasteiger partial charge in [-0.1, -0.05) is 36.9 Å². The van der Waals surface area contributed by atoms with E-state index in [-0.39, 0.29) is 0 Å². The highest BCUT2D eigenvalue weighted by molar-refractivity contribution is 6.77. The van der Waals surface area contributed by atoms with Crippen LogP contribution >= 0.6 is 0 Å². The quantitative estimate of drug-likeness (QED) is 0.568. The van der Waals surface area contributed by atoms with E-state index < -0.39 is 8.07 Å². The van der Waals surface area contributed by atoms with Gasteiger partial charge in [-0.25, -0.2) is 0 Å². The number of nitrogens with one attached hydrogen (secondary N) is 1. The lowest BCUT2D eigenvalue weighted by molar-refractivity contribution is 0.874. The molecule has 0 heterocycles. The smallest absolute Gasteiger partial charge is 0.0531 e. The Hall–Kier alpha value is -1.02. The van der Waals surface area contributed by atoms with Crippen LogP contribution in [-0.4, -0.2) is 14.1 Å². The molecule has 1 unspecified atom stereocenters. The summed E-state index contributed by atoms with van der Waals surface area (Å²) in [5.74, 6) is 0. The second-order valence-electron chi connectivity index (χ2n) is 5.77. The van der Waals surface area contributed by atoms with Crippen molar-refractivity contribution in [3.05, 3.63) is 42.5 Å². The zero-order chi connectivity index (χ0) is 12.9. The van der Waals surface area contributed by atoms with Gasteiger partial charge >= 0.3 is 0 Å². The van der Waals surface area contributed by atoms with Gasteiger partial charge in [0.1, 0.15) is 0 Å². The van der Waals surface area contributed by atoms with E-state index in [0.29, 0.717) is 6.04 Å². The minimum absolute atomic E-state index is 0.541. The molecule has 0 amide bonds. The molecule has 0 spiro atoms. The van der Waals surface area contributed by atoms with Crippen molar-refractivity contribution >= 4 is 13.8 Å². The molecule has 0 aliphatic carbocycles. The minimum atomic E-state index is -1.11. The topological polar surface area (TPSA) is 12.0 Å². The summed E-state index contributed by atoms with van der Waals surface area (Å²) in [5.41, 5.74) is 2.54. The Bertz CT molecular complexity index is 354. The van der Waals surface area contributed by atoms with Gasteiger partial charge in [0, 0.05) is 11.7 Å². The van der Waals surface area contributed by atoms with Crippen molar-refractivity contribution < 1.29 is 0 Å². The van der Waals surface area contributed by atoms with Crippen LogP contribution in [0.2, 0.25) is 25.2 Å². The molecule has 1 atom stereocenters. The first-order valence-electron chi connectivity index (χ1n) is 6.37. The second kappa shape index (κ2) is 6.06. The number of anilines is 1. The minimum Gasteiger partial charge on any atom is -0.383 e. The number of rotatable bonds is 6. The molecule has 94 valence electrons. The highest BCUT2D eigenvalue weighted by Gasteiger charge is 2.21. The normalized spacial score (nSPS) is 13.2. The SMILES string of the molecule is C=CC[Si](C)(C)CC(C)Nc1ccc(C)cc1. The lowest BCUT2D eigenvalue weighted by Crippen LogP contribution is -2.32. The molecule has 0 aliphatic heterocycles. The van der Waals surface area contributed by atoms with Crippen LogP contribution in [-0.2, 0) is 0 Å². The number of aryl methyl sites for hydroxylation is 1. The lowest BCUT2D eigenvalue weighted by atomic mass is 10.2. The van der Waals surface area contributed by atoms with Crippen LogP contribution in [0.3, 0.4) is 0 Å². The third-order valence-electron chi connectivity index (χ3n) is 3.02. The van der Waals surface area contributed by atoms with E-state index in [1.807, 2.05) is 0 Å². The van der Waals surface area contributed by atoms with Gasteiger partial charge in [-0.05, 0) is 38.1 Å². The van der Waals surface area contributed by atoms with E-state index in [1.165, 1.54) is 23.3 Å². The van der Waals surface area contributed by atoms with Gasteiger partial charge in [0.05, 0.1) is 8.07 Å². The number of hydrogen-bond donors (Lipinski definition) is 1. The van der Waals surface area contributed by atoms with E-state index in [2.05, 4.69) is 69.2 Å². The van der Waals surface area contributed by atoms with Crippen LogP contribution < -0.4 is 5.32 Å². The molecule has 0 saturated carbocycles. The molecule has 2 heteroatoms. The Labute approximate surface area is 107 Å². The monoisotopic (exact) mass is 247 g/mol. The molecular weight excluding hydrogens is 222 g/mol. The highest BCUT2D eigenvalue weighted by Crippen LogP contribution is 2.20. The summed E-state index contributed by atoms with van der Waals surface area (Å²) in [7, 11) is -1.11. The Morgan fingerprint density at radius 2 is 1.88 bits per heavy atom. The Morgan fingerprint density at radius 1 is 1.29 bits per heavy atom. The highest BCUT2D eigenvalue weighted by atomic mass is 28.3. The van der Waals surface area contributed by atoms with Crippen molar-refractivity contribution in [3.63, 3.8) is 0 Å². The van der Waals surface area contributed by atoms with Crippen molar-refractivity contribution in [2.24, 2.45) is 0 Å². The molecule has 0 bridgehead atoms. The number of benzene rings is 1. The van der Waals surface area contributed by atoms with Crippen molar-refractivity contribution in [2.45, 2.75) is 45.1 Å². The third kappa shape index (κ3) is 5.22. The Morgan fingerprint density at radius 3 is 2.41 bits per heavy atom. The summed E-state index contributed by atoms with van der Waals surface area (Å²) >= 11 is 0. The van der Waals surface area contributed by atoms with Crippen molar-refractivity contribution in [1.29, 1.82) is 0 Å². The van der Waals surface area contributed by atoms with Crippen LogP contribution in [0.5, 0.6) is 0 Å². The van der Waals surface area contributed by atoms with Crippen molar-refractivity contribution in [3.8, 4) is 0 Å². The molecule has 0 aromatic heterocycles. The molecule has 0 aliphatic rings. The first kappa shape index (κ1) is 14.0. The largest absolute Gasteiger partial charge is 0.383 e. The predicted molar refractivity (Wildman–Crippen MR) is 81.6 cm³/mol. The van der Waals surface area contributed by atoms with E-state index in [9.17, 15) is 0 Å². The summed E-state index contributed by atoms with van der Waals surface area (Å²) < 4.78 is 0. The van der Waals surface area contributed by atoms with Crippen LogP contribution in [0, 0.1) is 6.92 Å². The maximum Gasteiger partial charge on any atom is 0.0531 e. The Balaban J connectivity index is 2.52. The number of hydrogen-bond acceptors (Lipinski definition) is 1. The molecule has 1 nitrogen and oxygen atoms in total. The summed E-state index contributed by atoms with van der Waals surface area (Å²) in [6.07, 6.45) is 2.07. The van der Waals surface area contributed by atoms with E-state index in [0.717, 1.165) is 0 Å². The zero-order valence-corrected chi connectivity index (χ0v) is 12.6. The fourth-order valence-corrected chi connectivity index (χ4v) is 5.00. The molecule has 1 rings (SSSR count). The standard InChI is InChI=1S/C15H25NSi/c1-6-11-17(4,5)12-14(3)16-15-9-7-13(2)8-10-15/h6-10,14,16H,1,11-12H2,2-5H3. The van der Waals surface area contributed by atoms with Gasteiger partial charge in [-0.15, -0.1) is 6.58 Å². The molecule has 17 heavy (non-hydrogen) atoms. The van der Waals surface area contributed by atoms with Crippen LogP contribution in [0.4, 0.5) is 5.69 Å². The van der Waals surface area contributed by atoms with Gasteiger partial charge in [-0.3, -0.25) is 0 Å². The van der Waals surface area contributed by atoms with Crippen LogP contribution in [0.25, 0.3) is 0 Å². The van der Waals surface area contributed by atoms with Gasteiger partial charge in [0.2, 0.25) is 0 Å². The molecule has 1 N–H and O–H groups in total. The molecule has 0 saturated heterocycles. The van der Waals surface area contributed by atoms with Gasteiger partial charge < -0.3 is 5.32 Å². The maximum atomic E-state index is 3.86. The first-order chi connectivity index (χ1) is 7.93. The lowest BCUT2D eigenvalue weighted by Gasteiger charge is -2.26. The van der Waals surface area contributed by atoms with Crippen LogP contribution in [0.1, 0.15) is 12.5 Å². The average molecular weight is 247 g/mol. The summed E-state index contributed by atoms with van der Waals surface area (Å²) in [6, 6.07) is 11.7. The van der Waals surface area contributed by atoms with E-state index in [4.69, 9.17) is 0 Å². The second-order valence-corrected chi connectivity index (χ2v) is 10.9. The Kier molecular flexibility index (Phi) is 5.00. The van der Waals surface area contributed by atoms with Gasteiger partial charge in [0.15, 0.2) is 0 Å². The predicted octanol–water partition coefficient (Wildman–Crippen LogP) is 4.69. The molecule has 0 fully saturated rings. The van der Waals surface area contributed by atoms with E-state index >= 15 is 0 Å². The molecule has 1 aromatic rings. The fraction of sp³-hybridized carbons (Fsp3) is 0.467. The first-order valence-corrected chi connectivity index (χ1v) is 9.78. The van der Waals surface area contributed by atoms with E-state index in [1.54, 1.807) is 0 Å². The van der Waals surface area contributed by atoms with Crippen molar-refractivity contribution in [1.82, 2.24) is 0 Å². The van der Waals surface area contributed by atoms with Gasteiger partial charge in [-0.2, -0.15) is 0 Å². The summed E-state index contributed by atoms with van der Waals surface area (Å²) in [5, 5.41) is 3.58.